The molecule has 0 saturated carbocycles. The summed E-state index contributed by atoms with van der Waals surface area (Å²) in [6.07, 6.45) is 1.48. The van der Waals surface area contributed by atoms with Crippen LogP contribution in [-0.2, 0) is 0 Å². The summed E-state index contributed by atoms with van der Waals surface area (Å²) in [5, 5.41) is 3.87. The maximum atomic E-state index is 12.2. The zero-order valence-electron chi connectivity index (χ0n) is 14.3. The molecule has 0 aliphatic carbocycles. The van der Waals surface area contributed by atoms with Gasteiger partial charge in [-0.2, -0.15) is 5.10 Å². The van der Waals surface area contributed by atoms with Gasteiger partial charge in [-0.15, -0.1) is 0 Å². The van der Waals surface area contributed by atoms with Crippen molar-refractivity contribution in [2.24, 2.45) is 5.10 Å². The van der Waals surface area contributed by atoms with Crippen LogP contribution in [0.5, 0.6) is 5.75 Å². The minimum Gasteiger partial charge on any atom is -0.444 e. The van der Waals surface area contributed by atoms with E-state index < -0.39 is 11.9 Å². The van der Waals surface area contributed by atoms with Crippen LogP contribution in [0.1, 0.15) is 32.0 Å². The van der Waals surface area contributed by atoms with Crippen molar-refractivity contribution in [1.82, 2.24) is 5.43 Å². The number of carbonyl (C=O) groups excluding carboxylic acids is 2. The van der Waals surface area contributed by atoms with Crippen molar-refractivity contribution in [3.63, 3.8) is 0 Å². The number of nitrogens with one attached hydrogen (secondary N) is 1. The Morgan fingerprint density at radius 2 is 1.81 bits per heavy atom. The van der Waals surface area contributed by atoms with Gasteiger partial charge in [-0.25, -0.2) is 10.2 Å². The van der Waals surface area contributed by atoms with Gasteiger partial charge in [-0.3, -0.25) is 4.79 Å². The maximum absolute atomic E-state index is 12.2. The summed E-state index contributed by atoms with van der Waals surface area (Å²) in [5.41, 5.74) is 4.47. The predicted molar refractivity (Wildman–Crippen MR) is 104 cm³/mol. The average molecular weight is 427 g/mol. The van der Waals surface area contributed by atoms with E-state index in [9.17, 15) is 9.59 Å². The lowest BCUT2D eigenvalue weighted by molar-refractivity contribution is 0.0733. The first-order valence-electron chi connectivity index (χ1n) is 7.99. The standard InChI is InChI=1S/C20H15BrN2O4/c1-13-4-2-3-5-16(13)20(25)26-15-8-6-14(7-9-15)12-22-23-19(24)17-10-11-18(21)27-17/h2-12H,1H3,(H,23,24). The van der Waals surface area contributed by atoms with Crippen LogP contribution >= 0.6 is 15.9 Å². The highest BCUT2D eigenvalue weighted by Crippen LogP contribution is 2.16. The summed E-state index contributed by atoms with van der Waals surface area (Å²) < 4.78 is 11.0. The average Bonchev–Trinajstić information content (AvgIpc) is 3.10. The van der Waals surface area contributed by atoms with Crippen LogP contribution < -0.4 is 10.2 Å². The molecule has 0 fully saturated rings. The minimum atomic E-state index is -0.458. The number of esters is 1. The van der Waals surface area contributed by atoms with Crippen molar-refractivity contribution >= 4 is 34.0 Å². The van der Waals surface area contributed by atoms with Crippen molar-refractivity contribution < 1.29 is 18.7 Å². The Hall–Kier alpha value is -3.19. The van der Waals surface area contributed by atoms with Gasteiger partial charge < -0.3 is 9.15 Å². The lowest BCUT2D eigenvalue weighted by Gasteiger charge is -2.06. The number of carbonyl (C=O) groups is 2. The molecule has 2 aromatic carbocycles. The first-order valence-corrected chi connectivity index (χ1v) is 8.79. The van der Waals surface area contributed by atoms with E-state index in [1.54, 1.807) is 42.5 Å². The van der Waals surface area contributed by atoms with E-state index >= 15 is 0 Å². The summed E-state index contributed by atoms with van der Waals surface area (Å²) in [6, 6.07) is 17.1. The molecule has 7 heteroatoms. The van der Waals surface area contributed by atoms with Crippen molar-refractivity contribution in [2.45, 2.75) is 6.92 Å². The van der Waals surface area contributed by atoms with Gasteiger partial charge in [0.2, 0.25) is 0 Å². The summed E-state index contributed by atoms with van der Waals surface area (Å²) in [5.74, 6) is -0.297. The molecule has 1 N–H and O–H groups in total. The summed E-state index contributed by atoms with van der Waals surface area (Å²) in [4.78, 5) is 24.0. The first kappa shape index (κ1) is 18.6. The van der Waals surface area contributed by atoms with Crippen molar-refractivity contribution in [3.05, 3.63) is 87.8 Å². The molecule has 3 rings (SSSR count). The second-order valence-electron chi connectivity index (χ2n) is 5.58. The number of rotatable bonds is 5. The summed E-state index contributed by atoms with van der Waals surface area (Å²) >= 11 is 3.13. The van der Waals surface area contributed by atoms with E-state index in [4.69, 9.17) is 9.15 Å². The van der Waals surface area contributed by atoms with E-state index in [0.717, 1.165) is 11.1 Å². The SMILES string of the molecule is Cc1ccccc1C(=O)Oc1ccc(C=NNC(=O)c2ccc(Br)o2)cc1. The molecular formula is C20H15BrN2O4. The third-order valence-electron chi connectivity index (χ3n) is 3.63. The number of nitrogens with zero attached hydrogens (tertiary/aromatic N) is 1. The lowest BCUT2D eigenvalue weighted by atomic mass is 10.1. The molecule has 136 valence electrons. The highest BCUT2D eigenvalue weighted by molar-refractivity contribution is 9.10. The molecule has 1 aromatic heterocycles. The van der Waals surface area contributed by atoms with Gasteiger partial charge in [0, 0.05) is 0 Å². The van der Waals surface area contributed by atoms with Gasteiger partial charge in [-0.05, 0) is 76.4 Å². The van der Waals surface area contributed by atoms with E-state index in [1.807, 2.05) is 19.1 Å². The van der Waals surface area contributed by atoms with E-state index in [-0.39, 0.29) is 5.76 Å². The highest BCUT2D eigenvalue weighted by atomic mass is 79.9. The third kappa shape index (κ3) is 4.92. The molecule has 0 radical (unpaired) electrons. The van der Waals surface area contributed by atoms with Crippen LogP contribution in [0, 0.1) is 6.92 Å². The van der Waals surface area contributed by atoms with Crippen molar-refractivity contribution in [2.75, 3.05) is 0 Å². The molecule has 1 amide bonds. The zero-order chi connectivity index (χ0) is 19.2. The van der Waals surface area contributed by atoms with Gasteiger partial charge in [0.15, 0.2) is 10.4 Å². The second-order valence-corrected chi connectivity index (χ2v) is 6.36. The molecular weight excluding hydrogens is 412 g/mol. The first-order chi connectivity index (χ1) is 13.0. The zero-order valence-corrected chi connectivity index (χ0v) is 15.9. The monoisotopic (exact) mass is 426 g/mol. The number of hydrogen-bond acceptors (Lipinski definition) is 5. The Morgan fingerprint density at radius 3 is 2.48 bits per heavy atom. The summed E-state index contributed by atoms with van der Waals surface area (Å²) in [7, 11) is 0. The van der Waals surface area contributed by atoms with Crippen molar-refractivity contribution in [3.8, 4) is 5.75 Å². The fraction of sp³-hybridized carbons (Fsp3) is 0.0500. The molecule has 0 bridgehead atoms. The number of benzene rings is 2. The largest absolute Gasteiger partial charge is 0.444 e. The second kappa shape index (κ2) is 8.46. The van der Waals surface area contributed by atoms with Crippen LogP contribution in [0.25, 0.3) is 0 Å². The Balaban J connectivity index is 1.58. The molecule has 0 unspecified atom stereocenters. The molecule has 3 aromatic rings. The van der Waals surface area contributed by atoms with Gasteiger partial charge in [0.1, 0.15) is 5.75 Å². The van der Waals surface area contributed by atoms with Crippen LogP contribution in [0.15, 0.2) is 74.9 Å². The quantitative estimate of drug-likeness (QED) is 0.285. The molecule has 0 aliphatic heterocycles. The fourth-order valence-corrected chi connectivity index (χ4v) is 2.55. The van der Waals surface area contributed by atoms with Crippen LogP contribution in [0.3, 0.4) is 0 Å². The Labute approximate surface area is 164 Å². The van der Waals surface area contributed by atoms with E-state index in [0.29, 0.717) is 16.0 Å². The van der Waals surface area contributed by atoms with Gasteiger partial charge in [-0.1, -0.05) is 18.2 Å². The molecule has 27 heavy (non-hydrogen) atoms. The topological polar surface area (TPSA) is 80.9 Å². The molecule has 6 nitrogen and oxygen atoms in total. The predicted octanol–water partition coefficient (Wildman–Crippen LogP) is 4.33. The smallest absolute Gasteiger partial charge is 0.343 e. The van der Waals surface area contributed by atoms with Gasteiger partial charge in [0.05, 0.1) is 11.8 Å². The van der Waals surface area contributed by atoms with Crippen LogP contribution in [0.4, 0.5) is 0 Å². The number of hydrogen-bond donors (Lipinski definition) is 1. The summed E-state index contributed by atoms with van der Waals surface area (Å²) in [6.45, 7) is 1.85. The normalized spacial score (nSPS) is 10.7. The number of ether oxygens (including phenoxy) is 1. The number of halogens is 1. The third-order valence-corrected chi connectivity index (χ3v) is 4.06. The van der Waals surface area contributed by atoms with Gasteiger partial charge >= 0.3 is 11.9 Å². The van der Waals surface area contributed by atoms with E-state index in [2.05, 4.69) is 26.5 Å². The Bertz CT molecular complexity index is 993. The van der Waals surface area contributed by atoms with Crippen LogP contribution in [-0.4, -0.2) is 18.1 Å². The molecule has 0 spiro atoms. The molecule has 0 aliphatic rings. The Morgan fingerprint density at radius 1 is 1.07 bits per heavy atom. The van der Waals surface area contributed by atoms with Crippen molar-refractivity contribution in [1.29, 1.82) is 0 Å². The maximum Gasteiger partial charge on any atom is 0.343 e. The van der Waals surface area contributed by atoms with E-state index in [1.165, 1.54) is 12.3 Å². The molecule has 0 atom stereocenters. The fourth-order valence-electron chi connectivity index (χ4n) is 2.24. The number of amides is 1. The highest BCUT2D eigenvalue weighted by Gasteiger charge is 2.11. The Kier molecular flexibility index (Phi) is 5.83. The molecule has 0 saturated heterocycles. The minimum absolute atomic E-state index is 0.150. The number of aryl methyl sites for hydroxylation is 1. The number of hydrazone groups is 1. The lowest BCUT2D eigenvalue weighted by Crippen LogP contribution is -2.16. The number of furan rings is 1. The molecule has 1 heterocycles. The van der Waals surface area contributed by atoms with Crippen LogP contribution in [0.2, 0.25) is 0 Å². The van der Waals surface area contributed by atoms with Gasteiger partial charge in [0.25, 0.3) is 0 Å².